The number of carbonyl (C=O) groups excluding carboxylic acids is 1. The minimum absolute atomic E-state index is 0.0495. The smallest absolute Gasteiger partial charge is 0.307 e. The number of nitrogens with one attached hydrogen (secondary N) is 2. The third-order valence-electron chi connectivity index (χ3n) is 4.22. The second-order valence-corrected chi connectivity index (χ2v) is 7.67. The van der Waals surface area contributed by atoms with Crippen LogP contribution in [-0.4, -0.2) is 35.2 Å². The number of H-pyrrole nitrogens is 1. The third kappa shape index (κ3) is 4.72. The Morgan fingerprint density at radius 2 is 1.79 bits per heavy atom. The van der Waals surface area contributed by atoms with E-state index in [1.165, 1.54) is 6.07 Å². The van der Waals surface area contributed by atoms with E-state index in [1.807, 2.05) is 43.3 Å². The van der Waals surface area contributed by atoms with Crippen LogP contribution < -0.4 is 15.1 Å². The fourth-order valence-corrected chi connectivity index (χ4v) is 3.50. The van der Waals surface area contributed by atoms with Crippen molar-refractivity contribution in [1.29, 1.82) is 0 Å². The number of aromatic hydroxyl groups is 2. The number of phenolic OH excluding ortho intramolecular Hbond substituents is 1. The minimum atomic E-state index is -0.333. The molecule has 2 aromatic carbocycles. The van der Waals surface area contributed by atoms with E-state index in [4.69, 9.17) is 0 Å². The molecule has 8 heteroatoms. The first-order chi connectivity index (χ1) is 13.3. The summed E-state index contributed by atoms with van der Waals surface area (Å²) in [5.74, 6) is -0.458. The molecule has 0 aliphatic heterocycles. The minimum Gasteiger partial charge on any atom is -0.506 e. The summed E-state index contributed by atoms with van der Waals surface area (Å²) in [6.07, 6.45) is 0.488. The Morgan fingerprint density at radius 1 is 1.11 bits per heavy atom. The maximum absolute atomic E-state index is 12.4. The van der Waals surface area contributed by atoms with Gasteiger partial charge in [0.15, 0.2) is 0 Å². The molecule has 7 nitrogen and oxygen atoms in total. The van der Waals surface area contributed by atoms with Gasteiger partial charge in [0.1, 0.15) is 5.75 Å². The van der Waals surface area contributed by atoms with Crippen LogP contribution in [0.1, 0.15) is 16.0 Å². The number of nitrogens with zero attached hydrogens (tertiary/aromatic N) is 1. The molecule has 0 aliphatic rings. The second kappa shape index (κ2) is 8.18. The molecule has 1 aromatic heterocycles. The summed E-state index contributed by atoms with van der Waals surface area (Å²) in [5, 5.41) is 22.5. The normalized spacial score (nSPS) is 10.6. The van der Waals surface area contributed by atoms with Gasteiger partial charge in [0.25, 0.3) is 0 Å². The molecule has 4 N–H and O–H groups in total. The summed E-state index contributed by atoms with van der Waals surface area (Å²) < 4.78 is 0. The molecule has 28 heavy (non-hydrogen) atoms. The Morgan fingerprint density at radius 3 is 2.39 bits per heavy atom. The Bertz CT molecular complexity index is 1040. The van der Waals surface area contributed by atoms with Gasteiger partial charge in [-0.2, -0.15) is 0 Å². The van der Waals surface area contributed by atoms with Crippen molar-refractivity contribution >= 4 is 28.6 Å². The summed E-state index contributed by atoms with van der Waals surface area (Å²) in [4.78, 5) is 28.1. The largest absolute Gasteiger partial charge is 0.506 e. The van der Waals surface area contributed by atoms with Crippen molar-refractivity contribution in [2.24, 2.45) is 0 Å². The van der Waals surface area contributed by atoms with Gasteiger partial charge in [-0.1, -0.05) is 29.5 Å². The van der Waals surface area contributed by atoms with Crippen LogP contribution in [0.25, 0.3) is 0 Å². The lowest BCUT2D eigenvalue weighted by Gasteiger charge is -2.13. The molecule has 0 bridgehead atoms. The fraction of sp³-hybridized carbons (Fsp3) is 0.200. The van der Waals surface area contributed by atoms with Crippen molar-refractivity contribution < 1.29 is 15.0 Å². The number of hydrogen-bond donors (Lipinski definition) is 4. The first kappa shape index (κ1) is 19.5. The highest BCUT2D eigenvalue weighted by Crippen LogP contribution is 2.28. The summed E-state index contributed by atoms with van der Waals surface area (Å²) in [5.41, 5.74) is 2.94. The Labute approximate surface area is 165 Å². The van der Waals surface area contributed by atoms with Crippen LogP contribution in [0.15, 0.2) is 47.3 Å². The average Bonchev–Trinajstić information content (AvgIpc) is 2.95. The van der Waals surface area contributed by atoms with Crippen LogP contribution in [-0.2, 0) is 17.6 Å². The van der Waals surface area contributed by atoms with Gasteiger partial charge in [-0.3, -0.25) is 14.6 Å². The van der Waals surface area contributed by atoms with Gasteiger partial charge in [0.05, 0.1) is 17.0 Å². The zero-order valence-electron chi connectivity index (χ0n) is 15.5. The number of carbonyl (C=O) groups is 1. The molecule has 3 aromatic rings. The zero-order valence-corrected chi connectivity index (χ0v) is 16.3. The van der Waals surface area contributed by atoms with Crippen LogP contribution in [0.3, 0.4) is 0 Å². The number of thiazole rings is 1. The van der Waals surface area contributed by atoms with E-state index in [9.17, 15) is 19.8 Å². The van der Waals surface area contributed by atoms with Gasteiger partial charge in [-0.25, -0.2) is 0 Å². The maximum Gasteiger partial charge on any atom is 0.307 e. The van der Waals surface area contributed by atoms with Crippen molar-refractivity contribution in [2.75, 3.05) is 24.3 Å². The molecule has 1 heterocycles. The molecule has 146 valence electrons. The topological polar surface area (TPSA) is 106 Å². The summed E-state index contributed by atoms with van der Waals surface area (Å²) in [6, 6.07) is 12.4. The van der Waals surface area contributed by atoms with E-state index in [0.29, 0.717) is 11.3 Å². The number of amides is 1. The first-order valence-electron chi connectivity index (χ1n) is 8.61. The molecule has 0 radical (unpaired) electrons. The second-order valence-electron chi connectivity index (χ2n) is 6.60. The number of aromatic amines is 1. The zero-order chi connectivity index (χ0) is 20.3. The lowest BCUT2D eigenvalue weighted by Crippen LogP contribution is -2.15. The fourth-order valence-electron chi connectivity index (χ4n) is 2.74. The van der Waals surface area contributed by atoms with Crippen molar-refractivity contribution in [3.8, 4) is 11.6 Å². The standard InChI is InChI=1S/C20H21N3O4S/c1-23(2)14-6-3-12(4-7-14)11-18(25)21-15-9-13(5-8-16(15)24)10-17-19(26)22-20(27)28-17/h3-9,24,26H,10-11H2,1-2H3,(H,21,25)(H,22,27). The summed E-state index contributed by atoms with van der Waals surface area (Å²) in [6.45, 7) is 0. The predicted molar refractivity (Wildman–Crippen MR) is 111 cm³/mol. The Hall–Kier alpha value is -3.26. The number of hydrogen-bond acceptors (Lipinski definition) is 6. The number of benzene rings is 2. The first-order valence-corrected chi connectivity index (χ1v) is 9.42. The van der Waals surface area contributed by atoms with Crippen LogP contribution in [0.5, 0.6) is 11.6 Å². The molecule has 0 fully saturated rings. The molecule has 0 saturated heterocycles. The molecule has 0 unspecified atom stereocenters. The van der Waals surface area contributed by atoms with Gasteiger partial charge >= 0.3 is 4.87 Å². The van der Waals surface area contributed by atoms with Crippen molar-refractivity contribution in [3.63, 3.8) is 0 Å². The monoisotopic (exact) mass is 399 g/mol. The van der Waals surface area contributed by atoms with Gasteiger partial charge in [0, 0.05) is 26.2 Å². The highest BCUT2D eigenvalue weighted by Gasteiger charge is 2.12. The number of rotatable bonds is 6. The van der Waals surface area contributed by atoms with E-state index in [-0.39, 0.29) is 34.5 Å². The van der Waals surface area contributed by atoms with Gasteiger partial charge < -0.3 is 20.4 Å². The lowest BCUT2D eigenvalue weighted by molar-refractivity contribution is -0.115. The quantitative estimate of drug-likeness (QED) is 0.477. The van der Waals surface area contributed by atoms with Crippen LogP contribution >= 0.6 is 11.3 Å². The van der Waals surface area contributed by atoms with Gasteiger partial charge in [0.2, 0.25) is 11.8 Å². The van der Waals surface area contributed by atoms with Crippen LogP contribution in [0.4, 0.5) is 11.4 Å². The maximum atomic E-state index is 12.4. The molecule has 3 rings (SSSR count). The molecule has 0 saturated carbocycles. The lowest BCUT2D eigenvalue weighted by atomic mass is 10.1. The number of anilines is 2. The van der Waals surface area contributed by atoms with Crippen LogP contribution in [0, 0.1) is 0 Å². The van der Waals surface area contributed by atoms with E-state index in [2.05, 4.69) is 10.3 Å². The average molecular weight is 399 g/mol. The molecule has 0 aliphatic carbocycles. The highest BCUT2D eigenvalue weighted by atomic mass is 32.1. The Balaban J connectivity index is 1.69. The number of aromatic nitrogens is 1. The summed E-state index contributed by atoms with van der Waals surface area (Å²) >= 11 is 0.924. The highest BCUT2D eigenvalue weighted by molar-refractivity contribution is 7.09. The molecular formula is C20H21N3O4S. The van der Waals surface area contributed by atoms with E-state index in [0.717, 1.165) is 28.2 Å². The van der Waals surface area contributed by atoms with Gasteiger partial charge in [-0.05, 0) is 35.4 Å². The van der Waals surface area contributed by atoms with E-state index < -0.39 is 0 Å². The van der Waals surface area contributed by atoms with E-state index in [1.54, 1.807) is 12.1 Å². The van der Waals surface area contributed by atoms with Crippen molar-refractivity contribution in [3.05, 3.63) is 68.1 Å². The SMILES string of the molecule is CN(C)c1ccc(CC(=O)Nc2cc(Cc3sc(=O)[nH]c3O)ccc2O)cc1. The van der Waals surface area contributed by atoms with Crippen molar-refractivity contribution in [1.82, 2.24) is 4.98 Å². The molecule has 0 spiro atoms. The molecule has 1 amide bonds. The van der Waals surface area contributed by atoms with Gasteiger partial charge in [-0.15, -0.1) is 0 Å². The molecule has 0 atom stereocenters. The van der Waals surface area contributed by atoms with Crippen LogP contribution in [0.2, 0.25) is 0 Å². The molecular weight excluding hydrogens is 378 g/mol. The van der Waals surface area contributed by atoms with E-state index >= 15 is 0 Å². The number of phenols is 1. The van der Waals surface area contributed by atoms with Crippen molar-refractivity contribution in [2.45, 2.75) is 12.8 Å². The third-order valence-corrected chi connectivity index (χ3v) is 5.09. The Kier molecular flexibility index (Phi) is 5.70. The summed E-state index contributed by atoms with van der Waals surface area (Å²) in [7, 11) is 3.90. The predicted octanol–water partition coefficient (Wildman–Crippen LogP) is 2.69.